The number of amides is 2. The van der Waals surface area contributed by atoms with Gasteiger partial charge in [0.2, 0.25) is 5.91 Å². The highest BCUT2D eigenvalue weighted by Gasteiger charge is 2.24. The number of carbonyl (C=O) groups excluding carboxylic acids is 2. The summed E-state index contributed by atoms with van der Waals surface area (Å²) in [5, 5.41) is 6.10. The molecule has 0 spiro atoms. The molecule has 0 unspecified atom stereocenters. The molecule has 2 N–H and O–H groups in total. The predicted molar refractivity (Wildman–Crippen MR) is 110 cm³/mol. The molecule has 0 bridgehead atoms. The zero-order valence-electron chi connectivity index (χ0n) is 16.3. The lowest BCUT2D eigenvalue weighted by molar-refractivity contribution is -0.123. The molecule has 5 nitrogen and oxygen atoms in total. The van der Waals surface area contributed by atoms with Crippen molar-refractivity contribution in [3.05, 3.63) is 66.0 Å². The van der Waals surface area contributed by atoms with Gasteiger partial charge in [-0.3, -0.25) is 14.6 Å². The Bertz CT molecular complexity index is 741. The Morgan fingerprint density at radius 2 is 1.68 bits per heavy atom. The molecule has 0 saturated heterocycles. The Balaban J connectivity index is 1.69. The van der Waals surface area contributed by atoms with E-state index in [9.17, 15) is 9.59 Å². The molecular formula is C23H29N3O2. The summed E-state index contributed by atoms with van der Waals surface area (Å²) in [6.45, 7) is 0. The summed E-state index contributed by atoms with van der Waals surface area (Å²) in [6.07, 6.45) is 11.7. The maximum absolute atomic E-state index is 13.0. The first kappa shape index (κ1) is 20.1. The number of hydrogen-bond acceptors (Lipinski definition) is 3. The van der Waals surface area contributed by atoms with E-state index in [4.69, 9.17) is 0 Å². The van der Waals surface area contributed by atoms with Crippen LogP contribution in [0, 0.1) is 0 Å². The second kappa shape index (κ2) is 10.6. The average molecular weight is 380 g/mol. The van der Waals surface area contributed by atoms with E-state index in [2.05, 4.69) is 15.6 Å². The zero-order chi connectivity index (χ0) is 19.6. The summed E-state index contributed by atoms with van der Waals surface area (Å²) in [4.78, 5) is 29.6. The number of aromatic nitrogens is 1. The summed E-state index contributed by atoms with van der Waals surface area (Å²) < 4.78 is 0. The normalized spacial score (nSPS) is 16.4. The van der Waals surface area contributed by atoms with E-state index in [0.29, 0.717) is 12.0 Å². The van der Waals surface area contributed by atoms with Gasteiger partial charge in [-0.05, 0) is 30.5 Å². The lowest BCUT2D eigenvalue weighted by atomic mass is 9.96. The highest BCUT2D eigenvalue weighted by molar-refractivity contribution is 5.97. The van der Waals surface area contributed by atoms with Crippen LogP contribution in [0.2, 0.25) is 0 Å². The SMILES string of the molecule is O=C(N[C@H](Cc1ccccc1)C(=O)NC1CCCCCCC1)c1cccnc1. The minimum Gasteiger partial charge on any atom is -0.352 e. The van der Waals surface area contributed by atoms with Crippen LogP contribution < -0.4 is 10.6 Å². The van der Waals surface area contributed by atoms with Crippen molar-refractivity contribution in [2.24, 2.45) is 0 Å². The van der Waals surface area contributed by atoms with Crippen LogP contribution in [0.3, 0.4) is 0 Å². The third-order valence-electron chi connectivity index (χ3n) is 5.28. The molecule has 1 aliphatic carbocycles. The minimum absolute atomic E-state index is 0.105. The number of hydrogen-bond donors (Lipinski definition) is 2. The largest absolute Gasteiger partial charge is 0.352 e. The van der Waals surface area contributed by atoms with E-state index in [1.807, 2.05) is 30.3 Å². The Labute approximate surface area is 167 Å². The molecule has 1 fully saturated rings. The van der Waals surface area contributed by atoms with Crippen LogP contribution in [-0.2, 0) is 11.2 Å². The molecule has 148 valence electrons. The first-order valence-corrected chi connectivity index (χ1v) is 10.3. The Hall–Kier alpha value is -2.69. The number of carbonyl (C=O) groups is 2. The van der Waals surface area contributed by atoms with Crippen LogP contribution in [0.15, 0.2) is 54.9 Å². The molecule has 1 aromatic heterocycles. The molecular weight excluding hydrogens is 350 g/mol. The van der Waals surface area contributed by atoms with Crippen LogP contribution in [-0.4, -0.2) is 28.9 Å². The molecule has 1 aliphatic rings. The first-order chi connectivity index (χ1) is 13.7. The summed E-state index contributed by atoms with van der Waals surface area (Å²) in [5.41, 5.74) is 1.48. The number of nitrogens with zero attached hydrogens (tertiary/aromatic N) is 1. The van der Waals surface area contributed by atoms with E-state index < -0.39 is 6.04 Å². The zero-order valence-corrected chi connectivity index (χ0v) is 16.3. The van der Waals surface area contributed by atoms with Gasteiger partial charge in [0.25, 0.3) is 5.91 Å². The summed E-state index contributed by atoms with van der Waals surface area (Å²) in [6, 6.07) is 12.8. The molecule has 2 amide bonds. The quantitative estimate of drug-likeness (QED) is 0.805. The third-order valence-corrected chi connectivity index (χ3v) is 5.28. The van der Waals surface area contributed by atoms with Crippen LogP contribution in [0.4, 0.5) is 0 Å². The van der Waals surface area contributed by atoms with E-state index in [1.165, 1.54) is 25.5 Å². The molecule has 1 saturated carbocycles. The van der Waals surface area contributed by atoms with E-state index in [-0.39, 0.29) is 17.9 Å². The number of rotatable bonds is 6. The topological polar surface area (TPSA) is 71.1 Å². The van der Waals surface area contributed by atoms with Crippen LogP contribution >= 0.6 is 0 Å². The van der Waals surface area contributed by atoms with Gasteiger partial charge >= 0.3 is 0 Å². The summed E-state index contributed by atoms with van der Waals surface area (Å²) >= 11 is 0. The second-order valence-electron chi connectivity index (χ2n) is 7.51. The number of benzene rings is 1. The standard InChI is InChI=1S/C23H29N3O2/c27-22(19-12-9-15-24-17-19)26-21(16-18-10-5-4-6-11-18)23(28)25-20-13-7-2-1-3-8-14-20/h4-6,9-12,15,17,20-21H,1-3,7-8,13-14,16H2,(H,25,28)(H,26,27)/t21-/m1/s1. The van der Waals surface area contributed by atoms with Gasteiger partial charge in [-0.25, -0.2) is 0 Å². The fourth-order valence-corrected chi connectivity index (χ4v) is 3.70. The van der Waals surface area contributed by atoms with Gasteiger partial charge in [-0.1, -0.05) is 62.4 Å². The highest BCUT2D eigenvalue weighted by Crippen LogP contribution is 2.17. The van der Waals surface area contributed by atoms with Gasteiger partial charge in [0, 0.05) is 24.9 Å². The van der Waals surface area contributed by atoms with Gasteiger partial charge in [-0.15, -0.1) is 0 Å². The number of pyridine rings is 1. The molecule has 28 heavy (non-hydrogen) atoms. The van der Waals surface area contributed by atoms with Crippen molar-refractivity contribution >= 4 is 11.8 Å². The van der Waals surface area contributed by atoms with Crippen molar-refractivity contribution in [2.75, 3.05) is 0 Å². The van der Waals surface area contributed by atoms with E-state index >= 15 is 0 Å². The van der Waals surface area contributed by atoms with Crippen LogP contribution in [0.1, 0.15) is 60.9 Å². The smallest absolute Gasteiger partial charge is 0.253 e. The van der Waals surface area contributed by atoms with Crippen molar-refractivity contribution in [3.8, 4) is 0 Å². The van der Waals surface area contributed by atoms with Gasteiger partial charge in [-0.2, -0.15) is 0 Å². The van der Waals surface area contributed by atoms with Crippen molar-refractivity contribution in [1.29, 1.82) is 0 Å². The van der Waals surface area contributed by atoms with Crippen molar-refractivity contribution < 1.29 is 9.59 Å². The molecule has 1 atom stereocenters. The Morgan fingerprint density at radius 3 is 2.36 bits per heavy atom. The highest BCUT2D eigenvalue weighted by atomic mass is 16.2. The molecule has 0 radical (unpaired) electrons. The van der Waals surface area contributed by atoms with Crippen molar-refractivity contribution in [1.82, 2.24) is 15.6 Å². The van der Waals surface area contributed by atoms with Crippen LogP contribution in [0.25, 0.3) is 0 Å². The maximum atomic E-state index is 13.0. The van der Waals surface area contributed by atoms with Gasteiger partial charge in [0.05, 0.1) is 5.56 Å². The summed E-state index contributed by atoms with van der Waals surface area (Å²) in [7, 11) is 0. The van der Waals surface area contributed by atoms with Gasteiger partial charge in [0.15, 0.2) is 0 Å². The second-order valence-corrected chi connectivity index (χ2v) is 7.51. The molecule has 0 aliphatic heterocycles. The maximum Gasteiger partial charge on any atom is 0.253 e. The lowest BCUT2D eigenvalue weighted by Gasteiger charge is -2.25. The van der Waals surface area contributed by atoms with E-state index in [1.54, 1.807) is 18.3 Å². The Kier molecular flexibility index (Phi) is 7.59. The van der Waals surface area contributed by atoms with E-state index in [0.717, 1.165) is 31.2 Å². The summed E-state index contributed by atoms with van der Waals surface area (Å²) in [5.74, 6) is -0.381. The molecule has 2 aromatic rings. The van der Waals surface area contributed by atoms with Gasteiger partial charge < -0.3 is 10.6 Å². The molecule has 3 rings (SSSR count). The fourth-order valence-electron chi connectivity index (χ4n) is 3.70. The van der Waals surface area contributed by atoms with Gasteiger partial charge in [0.1, 0.15) is 6.04 Å². The van der Waals surface area contributed by atoms with Crippen molar-refractivity contribution in [3.63, 3.8) is 0 Å². The predicted octanol–water partition coefficient (Wildman–Crippen LogP) is 3.65. The molecule has 1 heterocycles. The minimum atomic E-state index is -0.611. The first-order valence-electron chi connectivity index (χ1n) is 10.3. The monoisotopic (exact) mass is 379 g/mol. The third kappa shape index (κ3) is 6.19. The fraction of sp³-hybridized carbons (Fsp3) is 0.435. The molecule has 5 heteroatoms. The van der Waals surface area contributed by atoms with Crippen molar-refractivity contribution in [2.45, 2.75) is 63.5 Å². The molecule has 1 aromatic carbocycles. The average Bonchev–Trinajstić information content (AvgIpc) is 2.70. The Morgan fingerprint density at radius 1 is 0.964 bits per heavy atom. The lowest BCUT2D eigenvalue weighted by Crippen LogP contribution is -2.50. The van der Waals surface area contributed by atoms with Crippen LogP contribution in [0.5, 0.6) is 0 Å². The number of nitrogens with one attached hydrogen (secondary N) is 2.